The first-order valence-corrected chi connectivity index (χ1v) is 13.0. The minimum Gasteiger partial charge on any atom is -0.348 e. The minimum atomic E-state index is -0.0119. The molecule has 3 aromatic rings. The molecule has 0 atom stereocenters. The predicted molar refractivity (Wildman–Crippen MR) is 144 cm³/mol. The molecule has 0 N–H and O–H groups in total. The lowest BCUT2D eigenvalue weighted by atomic mass is 9.99. The van der Waals surface area contributed by atoms with Gasteiger partial charge in [0.2, 0.25) is 0 Å². The zero-order chi connectivity index (χ0) is 24.9. The van der Waals surface area contributed by atoms with Crippen LogP contribution in [0.15, 0.2) is 53.9 Å². The molecule has 1 aliphatic heterocycles. The van der Waals surface area contributed by atoms with Gasteiger partial charge in [-0.3, -0.25) is 4.79 Å². The maximum absolute atomic E-state index is 10.8. The summed E-state index contributed by atoms with van der Waals surface area (Å²) in [6.45, 7) is 12.7. The van der Waals surface area contributed by atoms with Gasteiger partial charge in [-0.1, -0.05) is 57.2 Å². The number of aryl methyl sites for hydroxylation is 2. The number of nitrogens with zero attached hydrogens (tertiary/aromatic N) is 3. The third-order valence-electron chi connectivity index (χ3n) is 5.74. The third kappa shape index (κ3) is 8.76. The molecule has 0 saturated carbocycles. The molecule has 1 fully saturated rings. The molecule has 5 heteroatoms. The van der Waals surface area contributed by atoms with Gasteiger partial charge in [-0.2, -0.15) is 5.26 Å². The van der Waals surface area contributed by atoms with Gasteiger partial charge in [-0.05, 0) is 68.7 Å². The fourth-order valence-corrected chi connectivity index (χ4v) is 4.69. The van der Waals surface area contributed by atoms with Crippen LogP contribution in [0.5, 0.6) is 0 Å². The fourth-order valence-electron chi connectivity index (χ4n) is 3.73. The van der Waals surface area contributed by atoms with Crippen LogP contribution in [0.2, 0.25) is 0 Å². The number of carbonyl (C=O) groups excluding carboxylic acids is 1. The lowest BCUT2D eigenvalue weighted by Crippen LogP contribution is -2.29. The van der Waals surface area contributed by atoms with E-state index < -0.39 is 0 Å². The van der Waals surface area contributed by atoms with Crippen molar-refractivity contribution in [1.29, 1.82) is 5.26 Å². The normalized spacial score (nSPS) is 12.7. The Morgan fingerprint density at radius 3 is 2.35 bits per heavy atom. The summed E-state index contributed by atoms with van der Waals surface area (Å²) in [6.07, 6.45) is 5.12. The van der Waals surface area contributed by atoms with Crippen molar-refractivity contribution in [2.45, 2.75) is 66.2 Å². The zero-order valence-electron chi connectivity index (χ0n) is 21.2. The van der Waals surface area contributed by atoms with Crippen molar-refractivity contribution in [3.63, 3.8) is 0 Å². The number of thiazole rings is 1. The van der Waals surface area contributed by atoms with Crippen LogP contribution in [0, 0.1) is 18.3 Å². The molecule has 1 saturated heterocycles. The summed E-state index contributed by atoms with van der Waals surface area (Å²) in [5, 5.41) is 11.9. The molecule has 0 amide bonds. The van der Waals surface area contributed by atoms with Gasteiger partial charge in [0.25, 0.3) is 0 Å². The number of piperidine rings is 1. The number of hydrogen-bond acceptors (Lipinski definition) is 5. The molecule has 1 aliphatic rings. The summed E-state index contributed by atoms with van der Waals surface area (Å²) >= 11 is 1.80. The number of rotatable bonds is 4. The van der Waals surface area contributed by atoms with Gasteiger partial charge >= 0.3 is 0 Å². The van der Waals surface area contributed by atoms with Gasteiger partial charge in [-0.15, -0.1) is 11.3 Å². The monoisotopic (exact) mass is 475 g/mol. The summed E-state index contributed by atoms with van der Waals surface area (Å²) in [7, 11) is 0. The Morgan fingerprint density at radius 2 is 1.82 bits per heavy atom. The molecule has 0 aliphatic carbocycles. The van der Waals surface area contributed by atoms with E-state index in [4.69, 9.17) is 5.26 Å². The first-order chi connectivity index (χ1) is 16.3. The van der Waals surface area contributed by atoms with E-state index in [9.17, 15) is 4.79 Å². The van der Waals surface area contributed by atoms with Crippen molar-refractivity contribution in [2.24, 2.45) is 0 Å². The Morgan fingerprint density at radius 1 is 1.12 bits per heavy atom. The van der Waals surface area contributed by atoms with Gasteiger partial charge in [0, 0.05) is 24.0 Å². The Kier molecular flexibility index (Phi) is 11.5. The van der Waals surface area contributed by atoms with Crippen molar-refractivity contribution in [3.8, 4) is 6.07 Å². The molecule has 4 nitrogen and oxygen atoms in total. The Hall–Kier alpha value is -2.97. The van der Waals surface area contributed by atoms with E-state index in [1.807, 2.05) is 6.07 Å². The Labute approximate surface area is 209 Å². The van der Waals surface area contributed by atoms with Gasteiger partial charge in [0.15, 0.2) is 10.9 Å². The SMILES string of the molecule is CC(=O)c1cccc(C#N)c1.CCc1csc(N2CCCCC2)n1.Cc1ccccc1C(C)C. The summed E-state index contributed by atoms with van der Waals surface area (Å²) in [5.74, 6) is 0.642. The van der Waals surface area contributed by atoms with Crippen LogP contribution in [0.25, 0.3) is 0 Å². The average Bonchev–Trinajstić information content (AvgIpc) is 3.35. The predicted octanol–water partition coefficient (Wildman–Crippen LogP) is 7.58. The number of ketones is 1. The first-order valence-electron chi connectivity index (χ1n) is 12.1. The molecule has 1 aromatic heterocycles. The molecule has 2 heterocycles. The molecule has 34 heavy (non-hydrogen) atoms. The molecule has 2 aromatic carbocycles. The molecular formula is C29H37N3OS. The van der Waals surface area contributed by atoms with Gasteiger partial charge in [-0.25, -0.2) is 4.98 Å². The molecule has 0 radical (unpaired) electrons. The molecule has 4 rings (SSSR count). The standard InChI is InChI=1S/C10H16N2S.C10H14.C9H7NO/c1-2-9-8-13-10(11-9)12-6-4-3-5-7-12;1-8(2)10-7-5-4-6-9(10)3;1-7(11)9-4-2-3-8(5-9)6-10/h8H,2-7H2,1H3;4-8H,1-3H3;2-5H,1H3. The molecule has 0 bridgehead atoms. The average molecular weight is 476 g/mol. The lowest BCUT2D eigenvalue weighted by molar-refractivity contribution is 0.101. The van der Waals surface area contributed by atoms with E-state index >= 15 is 0 Å². The highest BCUT2D eigenvalue weighted by molar-refractivity contribution is 7.13. The Bertz CT molecular complexity index is 1070. The van der Waals surface area contributed by atoms with Crippen LogP contribution in [0.4, 0.5) is 5.13 Å². The van der Waals surface area contributed by atoms with Crippen LogP contribution in [0.1, 0.15) is 85.6 Å². The minimum absolute atomic E-state index is 0.0119. The largest absolute Gasteiger partial charge is 0.348 e. The summed E-state index contributed by atoms with van der Waals surface area (Å²) in [4.78, 5) is 17.8. The number of nitriles is 1. The van der Waals surface area contributed by atoms with Crippen LogP contribution in [-0.4, -0.2) is 23.9 Å². The molecule has 0 unspecified atom stereocenters. The van der Waals surface area contributed by atoms with Gasteiger partial charge in [0.1, 0.15) is 0 Å². The van der Waals surface area contributed by atoms with Crippen LogP contribution >= 0.6 is 11.3 Å². The van der Waals surface area contributed by atoms with Crippen LogP contribution in [-0.2, 0) is 6.42 Å². The Balaban J connectivity index is 0.000000182. The third-order valence-corrected chi connectivity index (χ3v) is 6.69. The number of benzene rings is 2. The number of aromatic nitrogens is 1. The number of anilines is 1. The van der Waals surface area contributed by atoms with Crippen molar-refractivity contribution in [3.05, 3.63) is 81.9 Å². The highest BCUT2D eigenvalue weighted by Crippen LogP contribution is 2.24. The number of Topliss-reactive ketones (excluding diaryl/α,β-unsaturated/α-hetero) is 1. The quantitative estimate of drug-likeness (QED) is 0.365. The fraction of sp³-hybridized carbons (Fsp3) is 0.414. The van der Waals surface area contributed by atoms with E-state index in [-0.39, 0.29) is 5.78 Å². The summed E-state index contributed by atoms with van der Waals surface area (Å²) in [6, 6.07) is 17.2. The van der Waals surface area contributed by atoms with E-state index in [1.165, 1.54) is 61.2 Å². The van der Waals surface area contributed by atoms with Crippen molar-refractivity contribution in [2.75, 3.05) is 18.0 Å². The zero-order valence-corrected chi connectivity index (χ0v) is 22.0. The van der Waals surface area contributed by atoms with E-state index in [1.54, 1.807) is 35.6 Å². The van der Waals surface area contributed by atoms with Crippen molar-refractivity contribution in [1.82, 2.24) is 4.98 Å². The van der Waals surface area contributed by atoms with Gasteiger partial charge in [0.05, 0.1) is 17.3 Å². The topological polar surface area (TPSA) is 57.0 Å². The summed E-state index contributed by atoms with van der Waals surface area (Å²) < 4.78 is 0. The summed E-state index contributed by atoms with van der Waals surface area (Å²) in [5.41, 5.74) is 5.22. The second-order valence-corrected chi connectivity index (χ2v) is 9.62. The van der Waals surface area contributed by atoms with Crippen molar-refractivity contribution < 1.29 is 4.79 Å². The molecule has 180 valence electrons. The molecular weight excluding hydrogens is 438 g/mol. The second-order valence-electron chi connectivity index (χ2n) is 8.78. The second kappa shape index (κ2) is 14.3. The number of hydrogen-bond donors (Lipinski definition) is 0. The van der Waals surface area contributed by atoms with Crippen LogP contribution < -0.4 is 4.90 Å². The van der Waals surface area contributed by atoms with E-state index in [0.717, 1.165) is 6.42 Å². The highest BCUT2D eigenvalue weighted by atomic mass is 32.1. The maximum Gasteiger partial charge on any atom is 0.185 e. The molecule has 0 spiro atoms. The highest BCUT2D eigenvalue weighted by Gasteiger charge is 2.13. The van der Waals surface area contributed by atoms with Crippen molar-refractivity contribution >= 4 is 22.3 Å². The van der Waals surface area contributed by atoms with E-state index in [0.29, 0.717) is 17.0 Å². The lowest BCUT2D eigenvalue weighted by Gasteiger charge is -2.25. The van der Waals surface area contributed by atoms with E-state index in [2.05, 4.69) is 67.2 Å². The first kappa shape index (κ1) is 27.3. The van der Waals surface area contributed by atoms with Gasteiger partial charge < -0.3 is 4.90 Å². The van der Waals surface area contributed by atoms with Crippen LogP contribution in [0.3, 0.4) is 0 Å². The maximum atomic E-state index is 10.8. The number of carbonyl (C=O) groups is 1. The smallest absolute Gasteiger partial charge is 0.185 e.